The van der Waals surface area contributed by atoms with Crippen LogP contribution in [0, 0.1) is 5.92 Å². The van der Waals surface area contributed by atoms with Crippen molar-refractivity contribution in [1.82, 2.24) is 0 Å². The second kappa shape index (κ2) is 7.08. The van der Waals surface area contributed by atoms with E-state index in [1.165, 1.54) is 12.0 Å². The van der Waals surface area contributed by atoms with Crippen molar-refractivity contribution < 1.29 is 9.53 Å². The fraction of sp³-hybridized carbons (Fsp3) is 0.381. The van der Waals surface area contributed by atoms with Gasteiger partial charge in [-0.2, -0.15) is 0 Å². The second-order valence-corrected chi connectivity index (χ2v) is 6.41. The minimum atomic E-state index is 0.0954. The van der Waals surface area contributed by atoms with Crippen molar-refractivity contribution in [2.45, 2.75) is 40.0 Å². The molecular weight excluding hydrogens is 298 g/mol. The van der Waals surface area contributed by atoms with E-state index in [0.717, 1.165) is 41.1 Å². The summed E-state index contributed by atoms with van der Waals surface area (Å²) in [5.41, 5.74) is 5.13. The average Bonchev–Trinajstić information content (AvgIpc) is 3.14. The van der Waals surface area contributed by atoms with Crippen molar-refractivity contribution in [2.75, 3.05) is 11.9 Å². The van der Waals surface area contributed by atoms with Gasteiger partial charge in [0.1, 0.15) is 5.76 Å². The number of para-hydroxylation sites is 1. The SMILES string of the molecule is CCOC1=CC(/C(C(C)=O)=C(\C)Nc2ccccc2)=C2CCC[C@@H]12. The first kappa shape index (κ1) is 16.6. The van der Waals surface area contributed by atoms with E-state index in [-0.39, 0.29) is 5.78 Å². The molecule has 1 atom stereocenters. The van der Waals surface area contributed by atoms with Crippen molar-refractivity contribution in [1.29, 1.82) is 0 Å². The third-order valence-electron chi connectivity index (χ3n) is 4.75. The quantitative estimate of drug-likeness (QED) is 0.749. The average molecular weight is 323 g/mol. The lowest BCUT2D eigenvalue weighted by Gasteiger charge is -2.14. The first-order valence-corrected chi connectivity index (χ1v) is 8.73. The lowest BCUT2D eigenvalue weighted by atomic mass is 9.95. The van der Waals surface area contributed by atoms with Crippen LogP contribution in [0.1, 0.15) is 40.0 Å². The van der Waals surface area contributed by atoms with E-state index in [2.05, 4.69) is 11.4 Å². The summed E-state index contributed by atoms with van der Waals surface area (Å²) in [6, 6.07) is 9.97. The highest BCUT2D eigenvalue weighted by molar-refractivity contribution is 6.00. The van der Waals surface area contributed by atoms with Gasteiger partial charge in [-0.3, -0.25) is 4.79 Å². The van der Waals surface area contributed by atoms with Crippen LogP contribution in [0.2, 0.25) is 0 Å². The van der Waals surface area contributed by atoms with E-state index in [9.17, 15) is 4.79 Å². The van der Waals surface area contributed by atoms with Crippen LogP contribution in [0.25, 0.3) is 0 Å². The molecule has 0 unspecified atom stereocenters. The third kappa shape index (κ3) is 3.16. The van der Waals surface area contributed by atoms with Gasteiger partial charge < -0.3 is 10.1 Å². The molecule has 0 aromatic heterocycles. The lowest BCUT2D eigenvalue weighted by molar-refractivity contribution is -0.113. The van der Waals surface area contributed by atoms with E-state index in [1.54, 1.807) is 6.92 Å². The molecule has 1 aromatic carbocycles. The normalized spacial score (nSPS) is 20.5. The molecule has 1 N–H and O–H groups in total. The Balaban J connectivity index is 2.00. The zero-order valence-corrected chi connectivity index (χ0v) is 14.7. The zero-order chi connectivity index (χ0) is 17.1. The number of Topliss-reactive ketones (excluding diaryl/α,β-unsaturated/α-hetero) is 1. The molecule has 0 radical (unpaired) electrons. The molecule has 0 amide bonds. The topological polar surface area (TPSA) is 38.3 Å². The van der Waals surface area contributed by atoms with Gasteiger partial charge in [0.15, 0.2) is 5.78 Å². The molecule has 1 fully saturated rings. The van der Waals surface area contributed by atoms with E-state index < -0.39 is 0 Å². The predicted molar refractivity (Wildman–Crippen MR) is 97.5 cm³/mol. The Morgan fingerprint density at radius 3 is 2.67 bits per heavy atom. The highest BCUT2D eigenvalue weighted by Gasteiger charge is 2.35. The molecule has 0 heterocycles. The summed E-state index contributed by atoms with van der Waals surface area (Å²) in [6.45, 7) is 6.31. The first-order valence-electron chi connectivity index (χ1n) is 8.73. The fourth-order valence-corrected chi connectivity index (χ4v) is 3.81. The number of fused-ring (bicyclic) bond motifs is 1. The predicted octanol–water partition coefficient (Wildman–Crippen LogP) is 4.99. The maximum absolute atomic E-state index is 12.4. The molecule has 0 bridgehead atoms. The minimum absolute atomic E-state index is 0.0954. The minimum Gasteiger partial charge on any atom is -0.498 e. The van der Waals surface area contributed by atoms with Gasteiger partial charge >= 0.3 is 0 Å². The summed E-state index contributed by atoms with van der Waals surface area (Å²) in [5, 5.41) is 3.38. The largest absolute Gasteiger partial charge is 0.498 e. The molecule has 3 heteroatoms. The molecule has 3 rings (SSSR count). The van der Waals surface area contributed by atoms with Crippen LogP contribution in [0.15, 0.2) is 64.6 Å². The number of carbonyl (C=O) groups excluding carboxylic acids is 1. The molecular formula is C21H25NO2. The Morgan fingerprint density at radius 1 is 1.25 bits per heavy atom. The molecule has 126 valence electrons. The number of anilines is 1. The van der Waals surface area contributed by atoms with Crippen LogP contribution in [-0.4, -0.2) is 12.4 Å². The summed E-state index contributed by atoms with van der Waals surface area (Å²) in [6.07, 6.45) is 5.45. The summed E-state index contributed by atoms with van der Waals surface area (Å²) < 4.78 is 5.84. The molecule has 0 saturated heterocycles. The van der Waals surface area contributed by atoms with E-state index >= 15 is 0 Å². The maximum Gasteiger partial charge on any atom is 0.162 e. The molecule has 1 saturated carbocycles. The number of carbonyl (C=O) groups is 1. The summed E-state index contributed by atoms with van der Waals surface area (Å²) in [7, 11) is 0. The third-order valence-corrected chi connectivity index (χ3v) is 4.75. The Morgan fingerprint density at radius 2 is 2.00 bits per heavy atom. The van der Waals surface area contributed by atoms with Gasteiger partial charge in [-0.25, -0.2) is 0 Å². The van der Waals surface area contributed by atoms with Crippen molar-refractivity contribution in [2.24, 2.45) is 5.92 Å². The highest BCUT2D eigenvalue weighted by atomic mass is 16.5. The maximum atomic E-state index is 12.4. The van der Waals surface area contributed by atoms with E-state index in [0.29, 0.717) is 12.5 Å². The monoisotopic (exact) mass is 323 g/mol. The van der Waals surface area contributed by atoms with Crippen LogP contribution < -0.4 is 5.32 Å². The van der Waals surface area contributed by atoms with E-state index in [4.69, 9.17) is 4.74 Å². The summed E-state index contributed by atoms with van der Waals surface area (Å²) in [4.78, 5) is 12.4. The number of hydrogen-bond donors (Lipinski definition) is 1. The first-order chi connectivity index (χ1) is 11.6. The van der Waals surface area contributed by atoms with Gasteiger partial charge in [-0.05, 0) is 63.8 Å². The number of nitrogens with one attached hydrogen (secondary N) is 1. The van der Waals surface area contributed by atoms with Gasteiger partial charge in [-0.15, -0.1) is 0 Å². The van der Waals surface area contributed by atoms with Crippen LogP contribution in [0.5, 0.6) is 0 Å². The number of hydrogen-bond acceptors (Lipinski definition) is 3. The van der Waals surface area contributed by atoms with Gasteiger partial charge in [-0.1, -0.05) is 23.8 Å². The standard InChI is InChI=1S/C21H25NO2/c1-4-24-20-13-19(17-11-8-12-18(17)20)21(15(3)23)14(2)22-16-9-6-5-7-10-16/h5-7,9-10,13,18,22H,4,8,11-12H2,1-3H3/b21-14+/t18-/m1/s1. The summed E-state index contributed by atoms with van der Waals surface area (Å²) >= 11 is 0. The Hall–Kier alpha value is -2.29. The molecule has 24 heavy (non-hydrogen) atoms. The Labute approximate surface area is 144 Å². The lowest BCUT2D eigenvalue weighted by Crippen LogP contribution is -2.09. The zero-order valence-electron chi connectivity index (χ0n) is 14.7. The van der Waals surface area contributed by atoms with Gasteiger partial charge in [0.25, 0.3) is 0 Å². The summed E-state index contributed by atoms with van der Waals surface area (Å²) in [5.74, 6) is 1.50. The fourth-order valence-electron chi connectivity index (χ4n) is 3.81. The molecule has 1 aromatic rings. The highest BCUT2D eigenvalue weighted by Crippen LogP contribution is 2.46. The number of allylic oxidation sites excluding steroid dienone is 5. The molecule has 2 aliphatic rings. The van der Waals surface area contributed by atoms with Crippen molar-refractivity contribution in [3.05, 3.63) is 64.6 Å². The Bertz CT molecular complexity index is 725. The number of rotatable bonds is 6. The number of benzene rings is 1. The van der Waals surface area contributed by atoms with Crippen molar-refractivity contribution in [3.8, 4) is 0 Å². The van der Waals surface area contributed by atoms with Crippen LogP contribution in [0.3, 0.4) is 0 Å². The molecule has 3 nitrogen and oxygen atoms in total. The van der Waals surface area contributed by atoms with Crippen molar-refractivity contribution in [3.63, 3.8) is 0 Å². The molecule has 2 aliphatic carbocycles. The Kier molecular flexibility index (Phi) is 4.89. The van der Waals surface area contributed by atoms with Gasteiger partial charge in [0, 0.05) is 22.9 Å². The van der Waals surface area contributed by atoms with Crippen LogP contribution >= 0.6 is 0 Å². The number of ketones is 1. The van der Waals surface area contributed by atoms with Crippen LogP contribution in [-0.2, 0) is 9.53 Å². The molecule has 0 spiro atoms. The van der Waals surface area contributed by atoms with E-state index in [1.807, 2.05) is 44.2 Å². The van der Waals surface area contributed by atoms with Gasteiger partial charge in [0.2, 0.25) is 0 Å². The number of ether oxygens (including phenoxy) is 1. The second-order valence-electron chi connectivity index (χ2n) is 6.41. The van der Waals surface area contributed by atoms with Crippen molar-refractivity contribution >= 4 is 11.5 Å². The smallest absolute Gasteiger partial charge is 0.162 e. The van der Waals surface area contributed by atoms with Gasteiger partial charge in [0.05, 0.1) is 6.61 Å². The molecule has 0 aliphatic heterocycles. The van der Waals surface area contributed by atoms with Crippen LogP contribution in [0.4, 0.5) is 5.69 Å².